The van der Waals surface area contributed by atoms with E-state index in [4.69, 9.17) is 4.74 Å². The highest BCUT2D eigenvalue weighted by Gasteiger charge is 2.30. The Hall–Kier alpha value is -0.720. The van der Waals surface area contributed by atoms with Gasteiger partial charge in [0.1, 0.15) is 0 Å². The lowest BCUT2D eigenvalue weighted by Gasteiger charge is -2.10. The van der Waals surface area contributed by atoms with E-state index in [0.717, 1.165) is 35.4 Å². The first-order chi connectivity index (χ1) is 9.06. The summed E-state index contributed by atoms with van der Waals surface area (Å²) < 4.78 is 8.11. The lowest BCUT2D eigenvalue weighted by Crippen LogP contribution is -2.32. The Morgan fingerprint density at radius 1 is 1.63 bits per heavy atom. The lowest BCUT2D eigenvalue weighted by atomic mass is 10.1. The molecule has 2 unspecified atom stereocenters. The minimum Gasteiger partial charge on any atom is -0.380 e. The van der Waals surface area contributed by atoms with Gasteiger partial charge in [0.2, 0.25) is 0 Å². The minimum atomic E-state index is -0.0997. The summed E-state index contributed by atoms with van der Waals surface area (Å²) in [6.07, 6.45) is 1.31. The molecule has 19 heavy (non-hydrogen) atoms. The fraction of sp³-hybridized carbons (Fsp3) is 0.692. The van der Waals surface area contributed by atoms with Crippen molar-refractivity contribution in [2.75, 3.05) is 13.7 Å². The van der Waals surface area contributed by atoms with Gasteiger partial charge in [0.15, 0.2) is 5.78 Å². The van der Waals surface area contributed by atoms with Gasteiger partial charge in [-0.25, -0.2) is 0 Å². The molecule has 5 nitrogen and oxygen atoms in total. The number of aromatic nitrogens is 2. The van der Waals surface area contributed by atoms with Gasteiger partial charge in [0.05, 0.1) is 34.4 Å². The molecule has 0 spiro atoms. The van der Waals surface area contributed by atoms with E-state index >= 15 is 0 Å². The van der Waals surface area contributed by atoms with Crippen molar-refractivity contribution in [3.63, 3.8) is 0 Å². The molecule has 1 aromatic heterocycles. The van der Waals surface area contributed by atoms with E-state index in [-0.39, 0.29) is 17.9 Å². The van der Waals surface area contributed by atoms with Gasteiger partial charge in [-0.1, -0.05) is 0 Å². The zero-order chi connectivity index (χ0) is 14.0. The number of carbonyl (C=O) groups is 1. The van der Waals surface area contributed by atoms with Crippen molar-refractivity contribution in [2.24, 2.45) is 0 Å². The number of nitrogens with zero attached hydrogens (tertiary/aromatic N) is 2. The molecule has 1 aliphatic rings. The molecular weight excluding hydrogens is 310 g/mol. The normalized spacial score (nSPS) is 22.9. The number of methoxy groups -OCH3 is 1. The maximum Gasteiger partial charge on any atom is 0.155 e. The molecule has 2 atom stereocenters. The zero-order valence-electron chi connectivity index (χ0n) is 11.6. The molecule has 0 bridgehead atoms. The Morgan fingerprint density at radius 3 is 2.95 bits per heavy atom. The van der Waals surface area contributed by atoms with E-state index < -0.39 is 0 Å². The molecule has 0 saturated carbocycles. The number of aryl methyl sites for hydroxylation is 2. The average molecular weight is 330 g/mol. The van der Waals surface area contributed by atoms with Gasteiger partial charge in [-0.15, -0.1) is 0 Å². The lowest BCUT2D eigenvalue weighted by molar-refractivity contribution is -0.120. The standard InChI is InChI=1S/C13H20BrN3O2/c1-4-17-11(13(14)8(2)16-17)6-12(18)10-5-9(19-3)7-15-10/h9-10,15H,4-7H2,1-3H3. The summed E-state index contributed by atoms with van der Waals surface area (Å²) in [5.74, 6) is 0.204. The number of hydrogen-bond donors (Lipinski definition) is 1. The van der Waals surface area contributed by atoms with Crippen LogP contribution in [0.2, 0.25) is 0 Å². The second kappa shape index (κ2) is 6.15. The second-order valence-electron chi connectivity index (χ2n) is 4.86. The number of Topliss-reactive ketones (excluding diaryl/α,β-unsaturated/α-hetero) is 1. The molecule has 6 heteroatoms. The third-order valence-corrected chi connectivity index (χ3v) is 4.64. The SMILES string of the molecule is CCn1nc(C)c(Br)c1CC(=O)C1CC(OC)CN1. The molecule has 0 radical (unpaired) electrons. The minimum absolute atomic E-state index is 0.0997. The number of carbonyl (C=O) groups excluding carboxylic acids is 1. The first-order valence-electron chi connectivity index (χ1n) is 6.57. The second-order valence-corrected chi connectivity index (χ2v) is 5.65. The summed E-state index contributed by atoms with van der Waals surface area (Å²) in [4.78, 5) is 12.3. The van der Waals surface area contributed by atoms with E-state index in [1.807, 2.05) is 18.5 Å². The van der Waals surface area contributed by atoms with Gasteiger partial charge in [-0.05, 0) is 36.2 Å². The van der Waals surface area contributed by atoms with Crippen LogP contribution in [0.3, 0.4) is 0 Å². The van der Waals surface area contributed by atoms with Crippen LogP contribution in [0.1, 0.15) is 24.7 Å². The smallest absolute Gasteiger partial charge is 0.155 e. The highest BCUT2D eigenvalue weighted by Crippen LogP contribution is 2.23. The summed E-state index contributed by atoms with van der Waals surface area (Å²) in [5.41, 5.74) is 1.89. The van der Waals surface area contributed by atoms with Crippen LogP contribution in [0.15, 0.2) is 4.47 Å². The van der Waals surface area contributed by atoms with Crippen LogP contribution in [-0.2, 0) is 22.5 Å². The molecule has 106 valence electrons. The van der Waals surface area contributed by atoms with E-state index in [2.05, 4.69) is 26.3 Å². The molecule has 1 aromatic rings. The van der Waals surface area contributed by atoms with E-state index in [0.29, 0.717) is 6.42 Å². The fourth-order valence-electron chi connectivity index (χ4n) is 2.45. The summed E-state index contributed by atoms with van der Waals surface area (Å²) in [6.45, 7) is 5.49. The topological polar surface area (TPSA) is 56.2 Å². The van der Waals surface area contributed by atoms with Gasteiger partial charge in [0.25, 0.3) is 0 Å². The summed E-state index contributed by atoms with van der Waals surface area (Å²) >= 11 is 3.52. The van der Waals surface area contributed by atoms with Crippen molar-refractivity contribution in [1.29, 1.82) is 0 Å². The first-order valence-corrected chi connectivity index (χ1v) is 7.36. The summed E-state index contributed by atoms with van der Waals surface area (Å²) in [5, 5.41) is 7.63. The molecule has 1 fully saturated rings. The van der Waals surface area contributed by atoms with Gasteiger partial charge in [-0.2, -0.15) is 5.10 Å². The number of ketones is 1. The highest BCUT2D eigenvalue weighted by atomic mass is 79.9. The molecule has 0 amide bonds. The fourth-order valence-corrected chi connectivity index (χ4v) is 2.88. The molecule has 1 aliphatic heterocycles. The zero-order valence-corrected chi connectivity index (χ0v) is 13.2. The van der Waals surface area contributed by atoms with Crippen molar-refractivity contribution in [3.8, 4) is 0 Å². The number of halogens is 1. The molecule has 2 heterocycles. The van der Waals surface area contributed by atoms with Gasteiger partial charge in [0, 0.05) is 20.2 Å². The van der Waals surface area contributed by atoms with Crippen molar-refractivity contribution in [1.82, 2.24) is 15.1 Å². The van der Waals surface area contributed by atoms with Gasteiger partial charge < -0.3 is 10.1 Å². The Labute approximate surface area is 121 Å². The van der Waals surface area contributed by atoms with Crippen molar-refractivity contribution in [3.05, 3.63) is 15.9 Å². The molecule has 0 aliphatic carbocycles. The Kier molecular flexibility index (Phi) is 4.76. The van der Waals surface area contributed by atoms with Gasteiger partial charge in [-0.3, -0.25) is 9.48 Å². The van der Waals surface area contributed by atoms with Crippen LogP contribution < -0.4 is 5.32 Å². The quantitative estimate of drug-likeness (QED) is 0.888. The van der Waals surface area contributed by atoms with Crippen molar-refractivity contribution < 1.29 is 9.53 Å². The number of ether oxygens (including phenoxy) is 1. The Balaban J connectivity index is 2.07. The number of hydrogen-bond acceptors (Lipinski definition) is 4. The molecular formula is C13H20BrN3O2. The summed E-state index contributed by atoms with van der Waals surface area (Å²) in [7, 11) is 1.69. The van der Waals surface area contributed by atoms with E-state index in [1.165, 1.54) is 0 Å². The van der Waals surface area contributed by atoms with E-state index in [9.17, 15) is 4.79 Å². The predicted octanol–water partition coefficient (Wildman–Crippen LogP) is 1.46. The predicted molar refractivity (Wildman–Crippen MR) is 76.3 cm³/mol. The number of nitrogens with one attached hydrogen (secondary N) is 1. The first kappa shape index (κ1) is 14.7. The van der Waals surface area contributed by atoms with Crippen LogP contribution in [-0.4, -0.2) is 41.4 Å². The monoisotopic (exact) mass is 329 g/mol. The third-order valence-electron chi connectivity index (χ3n) is 3.61. The van der Waals surface area contributed by atoms with Crippen LogP contribution in [0, 0.1) is 6.92 Å². The van der Waals surface area contributed by atoms with Crippen LogP contribution in [0.4, 0.5) is 0 Å². The number of rotatable bonds is 5. The Bertz CT molecular complexity index is 473. The maximum atomic E-state index is 12.3. The summed E-state index contributed by atoms with van der Waals surface area (Å²) in [6, 6.07) is -0.0997. The Morgan fingerprint density at radius 2 is 2.37 bits per heavy atom. The molecule has 0 aromatic carbocycles. The van der Waals surface area contributed by atoms with Crippen LogP contribution in [0.5, 0.6) is 0 Å². The van der Waals surface area contributed by atoms with Crippen molar-refractivity contribution >= 4 is 21.7 Å². The van der Waals surface area contributed by atoms with E-state index in [1.54, 1.807) is 7.11 Å². The van der Waals surface area contributed by atoms with Crippen LogP contribution in [0.25, 0.3) is 0 Å². The van der Waals surface area contributed by atoms with Crippen LogP contribution >= 0.6 is 15.9 Å². The maximum absolute atomic E-state index is 12.3. The molecule has 2 rings (SSSR count). The van der Waals surface area contributed by atoms with Crippen molar-refractivity contribution in [2.45, 2.75) is 45.4 Å². The average Bonchev–Trinajstić information content (AvgIpc) is 2.98. The highest BCUT2D eigenvalue weighted by molar-refractivity contribution is 9.10. The molecule has 1 N–H and O–H groups in total. The third kappa shape index (κ3) is 3.07. The van der Waals surface area contributed by atoms with Gasteiger partial charge >= 0.3 is 0 Å². The molecule has 1 saturated heterocycles. The largest absolute Gasteiger partial charge is 0.380 e.